The summed E-state index contributed by atoms with van der Waals surface area (Å²) in [5.74, 6) is 0.143. The van der Waals surface area contributed by atoms with E-state index in [0.717, 1.165) is 112 Å². The molecule has 47 heavy (non-hydrogen) atoms. The predicted molar refractivity (Wildman–Crippen MR) is 182 cm³/mol. The van der Waals surface area contributed by atoms with Crippen LogP contribution in [0.1, 0.15) is 48.5 Å². The smallest absolute Gasteiger partial charge is 0.258 e. The second kappa shape index (κ2) is 13.7. The van der Waals surface area contributed by atoms with Crippen LogP contribution in [0.4, 0.5) is 22.7 Å². The highest BCUT2D eigenvalue weighted by Crippen LogP contribution is 2.36. The van der Waals surface area contributed by atoms with E-state index in [2.05, 4.69) is 28.9 Å². The normalized spacial score (nSPS) is 21.0. The van der Waals surface area contributed by atoms with E-state index in [1.165, 1.54) is 5.69 Å². The highest BCUT2D eigenvalue weighted by Gasteiger charge is 2.44. The Morgan fingerprint density at radius 2 is 1.30 bits per heavy atom. The first kappa shape index (κ1) is 31.8. The van der Waals surface area contributed by atoms with E-state index >= 15 is 0 Å². The molecule has 2 N–H and O–H groups in total. The number of hydrogen-bond acceptors (Lipinski definition) is 9. The van der Waals surface area contributed by atoms with E-state index in [0.29, 0.717) is 19.8 Å². The van der Waals surface area contributed by atoms with Crippen LogP contribution in [-0.4, -0.2) is 83.2 Å². The first-order valence-corrected chi connectivity index (χ1v) is 17.0. The monoisotopic (exact) mass is 642 g/mol. The van der Waals surface area contributed by atoms with Crippen LogP contribution in [0, 0.1) is 0 Å². The lowest BCUT2D eigenvalue weighted by Gasteiger charge is -2.29. The predicted octanol–water partition coefficient (Wildman–Crippen LogP) is 5.24. The number of fused-ring (bicyclic) bond motifs is 1. The number of anilines is 4. The average Bonchev–Trinajstić information content (AvgIpc) is 3.93. The summed E-state index contributed by atoms with van der Waals surface area (Å²) in [4.78, 5) is 19.6. The molecular formula is C37H46N4O6. The minimum Gasteiger partial charge on any atom is -0.494 e. The summed E-state index contributed by atoms with van der Waals surface area (Å²) in [6, 6.07) is 22.1. The van der Waals surface area contributed by atoms with E-state index < -0.39 is 5.79 Å². The third kappa shape index (κ3) is 6.92. The van der Waals surface area contributed by atoms with Crippen LogP contribution in [0.3, 0.4) is 0 Å². The number of nitrogens with zero attached hydrogens (tertiary/aromatic N) is 3. The van der Waals surface area contributed by atoms with Gasteiger partial charge in [0, 0.05) is 60.8 Å². The van der Waals surface area contributed by atoms with Gasteiger partial charge in [-0.1, -0.05) is 13.3 Å². The van der Waals surface area contributed by atoms with E-state index in [9.17, 15) is 4.79 Å². The van der Waals surface area contributed by atoms with Crippen molar-refractivity contribution in [2.75, 3.05) is 86.2 Å². The van der Waals surface area contributed by atoms with Crippen molar-refractivity contribution in [3.8, 4) is 5.75 Å². The van der Waals surface area contributed by atoms with Gasteiger partial charge in [0.1, 0.15) is 5.75 Å². The van der Waals surface area contributed by atoms with Crippen LogP contribution in [0.15, 0.2) is 66.7 Å². The van der Waals surface area contributed by atoms with Crippen LogP contribution in [-0.2, 0) is 25.4 Å². The molecule has 5 heterocycles. The SMILES string of the molecule is CCCCOc1ccc2c(c1)CCN(c1ccc(N3CCC4(C3)OCCO4)cc1)C2=O.Nc1ccc(N2CCC3(C2)OCCO3)cc1. The number of benzene rings is 3. The topological polar surface area (TPSA) is 99.0 Å². The largest absolute Gasteiger partial charge is 0.494 e. The van der Waals surface area contributed by atoms with Crippen molar-refractivity contribution in [2.24, 2.45) is 0 Å². The number of hydrogen-bond donors (Lipinski definition) is 1. The summed E-state index contributed by atoms with van der Waals surface area (Å²) >= 11 is 0. The number of rotatable bonds is 7. The second-order valence-electron chi connectivity index (χ2n) is 12.9. The van der Waals surface area contributed by atoms with Crippen molar-refractivity contribution in [2.45, 2.75) is 50.6 Å². The average molecular weight is 643 g/mol. The third-order valence-corrected chi connectivity index (χ3v) is 9.72. The van der Waals surface area contributed by atoms with Crippen LogP contribution < -0.4 is 25.2 Å². The number of nitrogens with two attached hydrogens (primary N) is 1. The van der Waals surface area contributed by atoms with Gasteiger partial charge in [0.25, 0.3) is 5.91 Å². The molecule has 0 aromatic heterocycles. The first-order valence-electron chi connectivity index (χ1n) is 17.0. The Balaban J connectivity index is 0.000000183. The Morgan fingerprint density at radius 3 is 1.87 bits per heavy atom. The highest BCUT2D eigenvalue weighted by molar-refractivity contribution is 6.08. The fourth-order valence-electron chi connectivity index (χ4n) is 7.08. The molecule has 2 spiro atoms. The minimum atomic E-state index is -0.426. The zero-order valence-electron chi connectivity index (χ0n) is 27.3. The van der Waals surface area contributed by atoms with Crippen molar-refractivity contribution >= 4 is 28.7 Å². The first-order chi connectivity index (χ1) is 22.9. The lowest BCUT2D eigenvalue weighted by molar-refractivity contribution is -0.138. The Morgan fingerprint density at radius 1 is 0.745 bits per heavy atom. The number of amides is 1. The van der Waals surface area contributed by atoms with Gasteiger partial charge in [0.15, 0.2) is 11.6 Å². The molecule has 10 heteroatoms. The molecule has 0 bridgehead atoms. The molecule has 250 valence electrons. The van der Waals surface area contributed by atoms with Crippen molar-refractivity contribution in [3.63, 3.8) is 0 Å². The Hall–Kier alpha value is -3.83. The van der Waals surface area contributed by atoms with Crippen LogP contribution >= 0.6 is 0 Å². The maximum absolute atomic E-state index is 13.1. The number of unbranched alkanes of at least 4 members (excludes halogenated alkanes) is 1. The maximum atomic E-state index is 13.1. The second-order valence-corrected chi connectivity index (χ2v) is 12.9. The van der Waals surface area contributed by atoms with E-state index in [1.54, 1.807) is 0 Å². The van der Waals surface area contributed by atoms with Gasteiger partial charge >= 0.3 is 0 Å². The van der Waals surface area contributed by atoms with E-state index in [4.69, 9.17) is 29.4 Å². The number of nitrogen functional groups attached to an aromatic ring is 1. The van der Waals surface area contributed by atoms with Gasteiger partial charge in [-0.25, -0.2) is 0 Å². The van der Waals surface area contributed by atoms with Gasteiger partial charge in [-0.15, -0.1) is 0 Å². The molecule has 5 aliphatic rings. The standard InChI is InChI=1S/C25H30N2O4.C12H16N2O2/c1-2-3-14-29-22-8-9-23-19(17-22)10-12-27(24(23)28)21-6-4-20(5-7-21)26-13-11-25(18-26)30-15-16-31-25;13-10-1-3-11(4-2-10)14-6-5-12(9-14)15-7-8-16-12/h4-9,17H,2-3,10-16,18H2,1H3;1-4H,5-9,13H2. The van der Waals surface area contributed by atoms with Crippen LogP contribution in [0.2, 0.25) is 0 Å². The summed E-state index contributed by atoms with van der Waals surface area (Å²) in [7, 11) is 0. The molecule has 3 aromatic rings. The lowest BCUT2D eigenvalue weighted by Crippen LogP contribution is -2.37. The summed E-state index contributed by atoms with van der Waals surface area (Å²) in [6.07, 6.45) is 4.81. The van der Waals surface area contributed by atoms with Gasteiger partial charge < -0.3 is 44.1 Å². The molecule has 0 unspecified atom stereocenters. The Kier molecular flexibility index (Phi) is 9.27. The molecule has 8 rings (SSSR count). The van der Waals surface area contributed by atoms with Gasteiger partial charge in [0.2, 0.25) is 0 Å². The minimum absolute atomic E-state index is 0.0574. The summed E-state index contributed by atoms with van der Waals surface area (Å²) < 4.78 is 28.8. The quantitative estimate of drug-likeness (QED) is 0.274. The molecule has 0 saturated carbocycles. The van der Waals surface area contributed by atoms with E-state index in [1.807, 2.05) is 59.5 Å². The van der Waals surface area contributed by atoms with Crippen LogP contribution in [0.25, 0.3) is 0 Å². The van der Waals surface area contributed by atoms with Crippen molar-refractivity contribution in [1.29, 1.82) is 0 Å². The van der Waals surface area contributed by atoms with Gasteiger partial charge in [-0.3, -0.25) is 4.79 Å². The fraction of sp³-hybridized carbons (Fsp3) is 0.486. The maximum Gasteiger partial charge on any atom is 0.258 e. The number of ether oxygens (including phenoxy) is 5. The van der Waals surface area contributed by atoms with Crippen molar-refractivity contribution < 1.29 is 28.5 Å². The molecule has 4 fully saturated rings. The molecule has 1 amide bonds. The summed E-state index contributed by atoms with van der Waals surface area (Å²) in [5.41, 5.74) is 11.6. The van der Waals surface area contributed by atoms with Crippen molar-refractivity contribution in [1.82, 2.24) is 0 Å². The Bertz CT molecular complexity index is 1520. The van der Waals surface area contributed by atoms with E-state index in [-0.39, 0.29) is 11.7 Å². The molecule has 4 saturated heterocycles. The molecular weight excluding hydrogens is 596 g/mol. The van der Waals surface area contributed by atoms with Gasteiger partial charge in [-0.2, -0.15) is 0 Å². The molecule has 0 aliphatic carbocycles. The number of carbonyl (C=O) groups is 1. The Labute approximate surface area is 277 Å². The molecule has 3 aromatic carbocycles. The molecule has 0 atom stereocenters. The zero-order chi connectivity index (χ0) is 32.3. The highest BCUT2D eigenvalue weighted by atomic mass is 16.7. The third-order valence-electron chi connectivity index (χ3n) is 9.72. The molecule has 0 radical (unpaired) electrons. The van der Waals surface area contributed by atoms with Crippen molar-refractivity contribution in [3.05, 3.63) is 77.9 Å². The molecule has 10 nitrogen and oxygen atoms in total. The van der Waals surface area contributed by atoms with Gasteiger partial charge in [0.05, 0.1) is 46.1 Å². The zero-order valence-corrected chi connectivity index (χ0v) is 27.3. The lowest BCUT2D eigenvalue weighted by atomic mass is 9.98. The summed E-state index contributed by atoms with van der Waals surface area (Å²) in [6.45, 7) is 9.80. The number of carbonyl (C=O) groups excluding carboxylic acids is 1. The summed E-state index contributed by atoms with van der Waals surface area (Å²) in [5, 5.41) is 0. The van der Waals surface area contributed by atoms with Gasteiger partial charge in [-0.05, 0) is 85.1 Å². The molecule has 5 aliphatic heterocycles. The van der Waals surface area contributed by atoms with Crippen LogP contribution in [0.5, 0.6) is 5.75 Å². The fourth-order valence-corrected chi connectivity index (χ4v) is 7.08.